The van der Waals surface area contributed by atoms with Crippen LogP contribution in [0, 0.1) is 0 Å². The van der Waals surface area contributed by atoms with Crippen LogP contribution in [0.2, 0.25) is 0 Å². The number of hydrogen-bond donors (Lipinski definition) is 1. The summed E-state index contributed by atoms with van der Waals surface area (Å²) < 4.78 is 10.3. The summed E-state index contributed by atoms with van der Waals surface area (Å²) in [6.45, 7) is 1.92. The van der Waals surface area contributed by atoms with Gasteiger partial charge in [0.2, 0.25) is 0 Å². The maximum Gasteiger partial charge on any atom is 0.313 e. The van der Waals surface area contributed by atoms with E-state index in [0.29, 0.717) is 12.0 Å². The second-order valence-corrected chi connectivity index (χ2v) is 5.68. The molecule has 5 heteroatoms. The fraction of sp³-hybridized carbons (Fsp3) is 0.300. The third-order valence-electron chi connectivity index (χ3n) is 3.85. The average Bonchev–Trinajstić information content (AvgIpc) is 2.60. The molecule has 0 aliphatic rings. The van der Waals surface area contributed by atoms with Crippen LogP contribution in [-0.2, 0) is 20.7 Å². The Morgan fingerprint density at radius 1 is 1.08 bits per heavy atom. The van der Waals surface area contributed by atoms with Crippen molar-refractivity contribution in [3.63, 3.8) is 0 Å². The predicted octanol–water partition coefficient (Wildman–Crippen LogP) is 3.41. The van der Waals surface area contributed by atoms with E-state index in [-0.39, 0.29) is 13.0 Å². The molecule has 25 heavy (non-hydrogen) atoms. The molecule has 2 aromatic carbocycles. The van der Waals surface area contributed by atoms with E-state index in [1.165, 1.54) is 0 Å². The third-order valence-corrected chi connectivity index (χ3v) is 3.85. The van der Waals surface area contributed by atoms with E-state index in [0.717, 1.165) is 16.9 Å². The number of methoxy groups -OCH3 is 1. The zero-order valence-electron chi connectivity index (χ0n) is 14.4. The molecule has 0 bridgehead atoms. The molecule has 1 unspecified atom stereocenters. The van der Waals surface area contributed by atoms with Crippen molar-refractivity contribution >= 4 is 11.9 Å². The summed E-state index contributed by atoms with van der Waals surface area (Å²) in [6, 6.07) is 15.2. The van der Waals surface area contributed by atoms with Gasteiger partial charge < -0.3 is 14.6 Å². The quantitative estimate of drug-likeness (QED) is 0.744. The van der Waals surface area contributed by atoms with E-state index >= 15 is 0 Å². The van der Waals surface area contributed by atoms with Gasteiger partial charge in [-0.1, -0.05) is 36.4 Å². The largest absolute Gasteiger partial charge is 0.497 e. The van der Waals surface area contributed by atoms with Gasteiger partial charge in [-0.2, -0.15) is 0 Å². The molecule has 132 valence electrons. The van der Waals surface area contributed by atoms with Crippen molar-refractivity contribution < 1.29 is 24.2 Å². The maximum absolute atomic E-state index is 12.1. The molecular weight excluding hydrogens is 320 g/mol. The number of carbonyl (C=O) groups is 2. The van der Waals surface area contributed by atoms with E-state index in [2.05, 4.69) is 0 Å². The zero-order chi connectivity index (χ0) is 18.2. The lowest BCUT2D eigenvalue weighted by molar-refractivity contribution is -0.149. The Hall–Kier alpha value is -2.82. The number of rotatable bonds is 8. The molecule has 0 saturated carbocycles. The second-order valence-electron chi connectivity index (χ2n) is 5.68. The summed E-state index contributed by atoms with van der Waals surface area (Å²) in [5.74, 6) is -1.56. The summed E-state index contributed by atoms with van der Waals surface area (Å²) in [5.41, 5.74) is 2.72. The monoisotopic (exact) mass is 342 g/mol. The molecule has 0 heterocycles. The Balaban J connectivity index is 2.25. The number of esters is 1. The van der Waals surface area contributed by atoms with Gasteiger partial charge in [-0.05, 0) is 42.2 Å². The summed E-state index contributed by atoms with van der Waals surface area (Å²) in [5, 5.41) is 9.10. The van der Waals surface area contributed by atoms with Gasteiger partial charge in [-0.15, -0.1) is 0 Å². The molecule has 0 aromatic heterocycles. The molecular formula is C20H22O5. The lowest BCUT2D eigenvalue weighted by Crippen LogP contribution is -2.19. The van der Waals surface area contributed by atoms with E-state index < -0.39 is 17.9 Å². The van der Waals surface area contributed by atoms with Crippen molar-refractivity contribution in [3.05, 3.63) is 65.2 Å². The van der Waals surface area contributed by atoms with Crippen LogP contribution in [0.25, 0.3) is 0 Å². The molecule has 0 radical (unpaired) electrons. The molecule has 0 amide bonds. The number of carbonyl (C=O) groups excluding carboxylic acids is 1. The molecule has 0 fully saturated rings. The number of hydrogen-bond acceptors (Lipinski definition) is 4. The van der Waals surface area contributed by atoms with Crippen molar-refractivity contribution in [2.75, 3.05) is 13.7 Å². The third kappa shape index (κ3) is 5.35. The van der Waals surface area contributed by atoms with Crippen LogP contribution in [0.15, 0.2) is 48.5 Å². The van der Waals surface area contributed by atoms with E-state index in [1.807, 2.05) is 42.5 Å². The minimum atomic E-state index is -1.03. The first-order chi connectivity index (χ1) is 12.0. The minimum Gasteiger partial charge on any atom is -0.497 e. The summed E-state index contributed by atoms with van der Waals surface area (Å²) in [4.78, 5) is 23.2. The number of carboxylic acids is 1. The van der Waals surface area contributed by atoms with Gasteiger partial charge in [0.05, 0.1) is 26.1 Å². The van der Waals surface area contributed by atoms with Crippen LogP contribution in [0.4, 0.5) is 0 Å². The minimum absolute atomic E-state index is 0.221. The highest BCUT2D eigenvalue weighted by Crippen LogP contribution is 2.24. The molecule has 1 N–H and O–H groups in total. The van der Waals surface area contributed by atoms with Gasteiger partial charge in [-0.25, -0.2) is 0 Å². The molecule has 0 saturated heterocycles. The summed E-state index contributed by atoms with van der Waals surface area (Å²) in [6.07, 6.45) is 0.370. The zero-order valence-corrected chi connectivity index (χ0v) is 14.4. The van der Waals surface area contributed by atoms with E-state index in [1.54, 1.807) is 20.1 Å². The van der Waals surface area contributed by atoms with Gasteiger partial charge in [0.25, 0.3) is 0 Å². The second kappa shape index (κ2) is 8.87. The Morgan fingerprint density at radius 3 is 2.40 bits per heavy atom. The summed E-state index contributed by atoms with van der Waals surface area (Å²) >= 11 is 0. The standard InChI is InChI=1S/C20H22O5/c1-3-25-20(23)18(13-19(21)22)16-8-4-6-14(11-16)10-15-7-5-9-17(12-15)24-2/h4-9,11-12,18H,3,10,13H2,1-2H3,(H,21,22). The number of ether oxygens (including phenoxy) is 2. The molecule has 0 aliphatic carbocycles. The molecule has 2 aromatic rings. The first kappa shape index (κ1) is 18.5. The fourth-order valence-corrected chi connectivity index (χ4v) is 2.69. The Morgan fingerprint density at radius 2 is 1.76 bits per heavy atom. The molecule has 1 atom stereocenters. The smallest absolute Gasteiger partial charge is 0.313 e. The van der Waals surface area contributed by atoms with Gasteiger partial charge in [-0.3, -0.25) is 9.59 Å². The topological polar surface area (TPSA) is 72.8 Å². The van der Waals surface area contributed by atoms with Gasteiger partial charge in [0.15, 0.2) is 0 Å². The molecule has 5 nitrogen and oxygen atoms in total. The van der Waals surface area contributed by atoms with E-state index in [9.17, 15) is 9.59 Å². The van der Waals surface area contributed by atoms with Crippen molar-refractivity contribution in [1.82, 2.24) is 0 Å². The van der Waals surface area contributed by atoms with Gasteiger partial charge in [0.1, 0.15) is 5.75 Å². The first-order valence-electron chi connectivity index (χ1n) is 8.13. The Bertz CT molecular complexity index is 738. The Kier molecular flexibility index (Phi) is 6.57. The highest BCUT2D eigenvalue weighted by molar-refractivity contribution is 5.83. The van der Waals surface area contributed by atoms with Crippen molar-refractivity contribution in [2.45, 2.75) is 25.7 Å². The lowest BCUT2D eigenvalue weighted by atomic mass is 9.93. The molecule has 0 aliphatic heterocycles. The highest BCUT2D eigenvalue weighted by Gasteiger charge is 2.25. The van der Waals surface area contributed by atoms with Crippen molar-refractivity contribution in [1.29, 1.82) is 0 Å². The average molecular weight is 342 g/mol. The van der Waals surface area contributed by atoms with Crippen LogP contribution in [0.5, 0.6) is 5.75 Å². The van der Waals surface area contributed by atoms with Crippen LogP contribution >= 0.6 is 0 Å². The maximum atomic E-state index is 12.1. The SMILES string of the molecule is CCOC(=O)C(CC(=O)O)c1cccc(Cc2cccc(OC)c2)c1. The highest BCUT2D eigenvalue weighted by atomic mass is 16.5. The van der Waals surface area contributed by atoms with Crippen LogP contribution in [0.1, 0.15) is 36.0 Å². The molecule has 0 spiro atoms. The number of benzene rings is 2. The Labute approximate surface area is 147 Å². The first-order valence-corrected chi connectivity index (χ1v) is 8.13. The fourth-order valence-electron chi connectivity index (χ4n) is 2.69. The molecule has 2 rings (SSSR count). The van der Waals surface area contributed by atoms with Gasteiger partial charge in [0, 0.05) is 0 Å². The number of aliphatic carboxylic acids is 1. The van der Waals surface area contributed by atoms with Crippen molar-refractivity contribution in [2.24, 2.45) is 0 Å². The van der Waals surface area contributed by atoms with Crippen LogP contribution in [0.3, 0.4) is 0 Å². The van der Waals surface area contributed by atoms with Crippen LogP contribution in [-0.4, -0.2) is 30.8 Å². The van der Waals surface area contributed by atoms with Gasteiger partial charge >= 0.3 is 11.9 Å². The lowest BCUT2D eigenvalue weighted by Gasteiger charge is -2.15. The van der Waals surface area contributed by atoms with E-state index in [4.69, 9.17) is 14.6 Å². The predicted molar refractivity (Wildman–Crippen MR) is 93.9 cm³/mol. The normalized spacial score (nSPS) is 11.6. The summed E-state index contributed by atoms with van der Waals surface area (Å²) in [7, 11) is 1.62. The van der Waals surface area contributed by atoms with Crippen LogP contribution < -0.4 is 4.74 Å². The van der Waals surface area contributed by atoms with Crippen molar-refractivity contribution in [3.8, 4) is 5.75 Å². The number of carboxylic acid groups (broad SMARTS) is 1.